The molecular weight excluding hydrogens is 718 g/mol. The van der Waals surface area contributed by atoms with Crippen molar-refractivity contribution in [3.05, 3.63) is 73.3 Å². The van der Waals surface area contributed by atoms with Gasteiger partial charge in [0.1, 0.15) is 0 Å². The van der Waals surface area contributed by atoms with Crippen LogP contribution in [-0.2, 0) is 26.7 Å². The number of rotatable bonds is 13. The molecule has 41 heavy (non-hydrogen) atoms. The number of anilines is 1. The Morgan fingerprint density at radius 2 is 1.61 bits per heavy atom. The highest BCUT2D eigenvalue weighted by molar-refractivity contribution is 9.10. The lowest BCUT2D eigenvalue weighted by molar-refractivity contribution is 0.436. The fourth-order valence-electron chi connectivity index (χ4n) is 4.64. The molecule has 2 aromatic carbocycles. The predicted octanol–water partition coefficient (Wildman–Crippen LogP) is 7.84. The van der Waals surface area contributed by atoms with Gasteiger partial charge in [0.25, 0.3) is 20.2 Å². The Hall–Kier alpha value is -1.74. The predicted molar refractivity (Wildman–Crippen MR) is 173 cm³/mol. The maximum absolute atomic E-state index is 11.2. The molecule has 0 fully saturated rings. The molecule has 2 N–H and O–H groups in total. The summed E-state index contributed by atoms with van der Waals surface area (Å²) in [5, 5.41) is 1.11. The lowest BCUT2D eigenvalue weighted by Gasteiger charge is -2.19. The molecule has 4 rings (SSSR count). The molecule has 0 saturated carbocycles. The van der Waals surface area contributed by atoms with Gasteiger partial charge in [-0.15, -0.1) is 11.3 Å². The minimum Gasteiger partial charge on any atom is -0.439 e. The Morgan fingerprint density at radius 3 is 2.29 bits per heavy atom. The second kappa shape index (κ2) is 13.7. The maximum atomic E-state index is 11.2. The molecule has 0 saturated heterocycles. The van der Waals surface area contributed by atoms with E-state index in [0.29, 0.717) is 50.3 Å². The van der Waals surface area contributed by atoms with E-state index in [1.54, 1.807) is 11.3 Å². The number of aryl methyl sites for hydroxylation is 1. The van der Waals surface area contributed by atoms with Crippen molar-refractivity contribution in [3.63, 3.8) is 0 Å². The Kier molecular flexibility index (Phi) is 10.8. The van der Waals surface area contributed by atoms with Gasteiger partial charge in [0.15, 0.2) is 5.75 Å². The fraction of sp³-hybridized carbons (Fsp3) is 0.357. The van der Waals surface area contributed by atoms with Gasteiger partial charge in [-0.1, -0.05) is 38.8 Å². The number of halogens is 2. The first-order valence-corrected chi connectivity index (χ1v) is 18.7. The summed E-state index contributed by atoms with van der Waals surface area (Å²) in [5.41, 5.74) is 3.03. The number of ether oxygens (including phenoxy) is 1. The average Bonchev–Trinajstić information content (AvgIpc) is 3.39. The van der Waals surface area contributed by atoms with Gasteiger partial charge in [-0.3, -0.25) is 9.11 Å². The first kappa shape index (κ1) is 32.2. The van der Waals surface area contributed by atoms with Gasteiger partial charge in [-0.2, -0.15) is 16.8 Å². The monoisotopic (exact) mass is 747 g/mol. The largest absolute Gasteiger partial charge is 0.439 e. The van der Waals surface area contributed by atoms with E-state index in [0.717, 1.165) is 47.2 Å². The molecule has 3 aromatic rings. The van der Waals surface area contributed by atoms with Gasteiger partial charge in [0.05, 0.1) is 17.2 Å². The van der Waals surface area contributed by atoms with Crippen molar-refractivity contribution in [1.29, 1.82) is 0 Å². The summed E-state index contributed by atoms with van der Waals surface area (Å²) in [5.74, 6) is 0.790. The number of allylic oxidation sites excluding steroid dienone is 2. The number of hydrogen-bond donors (Lipinski definition) is 2. The molecular formula is C28H31Br2NO7S3. The highest BCUT2D eigenvalue weighted by Gasteiger charge is 2.26. The highest BCUT2D eigenvalue weighted by Crippen LogP contribution is 2.42. The normalized spacial score (nSPS) is 15.1. The number of benzene rings is 2. The van der Waals surface area contributed by atoms with Crippen LogP contribution < -0.4 is 9.64 Å². The van der Waals surface area contributed by atoms with Crippen LogP contribution in [0.25, 0.3) is 16.2 Å². The molecule has 0 radical (unpaired) electrons. The first-order chi connectivity index (χ1) is 19.3. The number of fused-ring (bicyclic) bond motifs is 2. The number of unbranched alkanes of at least 4 members (excludes halogenated alkanes) is 2. The highest BCUT2D eigenvalue weighted by atomic mass is 79.9. The quantitative estimate of drug-likeness (QED) is 0.134. The van der Waals surface area contributed by atoms with Crippen molar-refractivity contribution in [1.82, 2.24) is 0 Å². The molecule has 0 unspecified atom stereocenters. The van der Waals surface area contributed by atoms with E-state index < -0.39 is 20.2 Å². The zero-order chi connectivity index (χ0) is 29.8. The third-order valence-corrected chi connectivity index (χ3v) is 10.4. The second-order valence-electron chi connectivity index (χ2n) is 9.74. The lowest BCUT2D eigenvalue weighted by Crippen LogP contribution is -2.22. The van der Waals surface area contributed by atoms with E-state index in [1.165, 1.54) is 0 Å². The lowest BCUT2D eigenvalue weighted by atomic mass is 10.0. The van der Waals surface area contributed by atoms with Crippen LogP contribution in [0.15, 0.2) is 62.9 Å². The van der Waals surface area contributed by atoms with Crippen LogP contribution in [-0.4, -0.2) is 44.0 Å². The van der Waals surface area contributed by atoms with Crippen LogP contribution in [0, 0.1) is 0 Å². The van der Waals surface area contributed by atoms with E-state index in [4.69, 9.17) is 13.8 Å². The summed E-state index contributed by atoms with van der Waals surface area (Å²) >= 11 is 8.76. The van der Waals surface area contributed by atoms with Gasteiger partial charge in [-0.05, 0) is 97.5 Å². The molecule has 1 aromatic heterocycles. The minimum absolute atomic E-state index is 0.260. The third kappa shape index (κ3) is 9.12. The van der Waals surface area contributed by atoms with Gasteiger partial charge in [0.2, 0.25) is 5.88 Å². The Balaban J connectivity index is 1.65. The summed E-state index contributed by atoms with van der Waals surface area (Å²) < 4.78 is 72.2. The SMILES string of the molecule is CCC(/C=C1\Oc2ccc(Br)cc2N1CCCCS(=O)(=O)O)=C\c1sc2ccc(Br)cc2c1CCCCS(=O)(=O)O. The van der Waals surface area contributed by atoms with Crippen LogP contribution in [0.3, 0.4) is 0 Å². The first-order valence-electron chi connectivity index (χ1n) is 13.1. The van der Waals surface area contributed by atoms with Crippen molar-refractivity contribution >= 4 is 85.3 Å². The molecule has 1 aliphatic rings. The summed E-state index contributed by atoms with van der Waals surface area (Å²) in [6, 6.07) is 11.9. The van der Waals surface area contributed by atoms with Gasteiger partial charge < -0.3 is 9.64 Å². The molecule has 13 heteroatoms. The maximum Gasteiger partial charge on any atom is 0.264 e. The molecule has 0 aliphatic carbocycles. The van der Waals surface area contributed by atoms with E-state index in [9.17, 15) is 16.8 Å². The number of thiophene rings is 1. The van der Waals surface area contributed by atoms with Crippen LogP contribution in [0.4, 0.5) is 5.69 Å². The van der Waals surface area contributed by atoms with Crippen molar-refractivity contribution in [2.24, 2.45) is 0 Å². The van der Waals surface area contributed by atoms with Gasteiger partial charge in [0, 0.05) is 31.1 Å². The van der Waals surface area contributed by atoms with Crippen LogP contribution >= 0.6 is 43.2 Å². The Bertz CT molecular complexity index is 1700. The zero-order valence-electron chi connectivity index (χ0n) is 22.3. The molecule has 0 bridgehead atoms. The molecule has 0 spiro atoms. The number of hydrogen-bond acceptors (Lipinski definition) is 7. The van der Waals surface area contributed by atoms with E-state index in [1.807, 2.05) is 35.2 Å². The van der Waals surface area contributed by atoms with E-state index >= 15 is 0 Å². The smallest absolute Gasteiger partial charge is 0.264 e. The Labute approximate surface area is 261 Å². The molecule has 8 nitrogen and oxygen atoms in total. The van der Waals surface area contributed by atoms with Gasteiger partial charge in [-0.25, -0.2) is 0 Å². The fourth-order valence-corrected chi connectivity index (χ4v) is 7.70. The molecule has 0 atom stereocenters. The standard InChI is InChI=1S/C28H31Br2NO7S3/c1-2-19(15-27-22(7-3-5-13-40(32,33)34)23-17-20(29)9-11-26(23)39-27)16-28-31(12-4-6-14-41(35,36)37)24-18-21(30)8-10-25(24)38-28/h8-11,15-18H,2-7,12-14H2,1H3,(H,32,33,34)(H,35,36,37)/b19-15+,28-16-. The van der Waals surface area contributed by atoms with Gasteiger partial charge >= 0.3 is 0 Å². The summed E-state index contributed by atoms with van der Waals surface area (Å²) in [4.78, 5) is 3.10. The average molecular weight is 750 g/mol. The van der Waals surface area contributed by atoms with E-state index in [-0.39, 0.29) is 11.5 Å². The van der Waals surface area contributed by atoms with E-state index in [2.05, 4.69) is 57.0 Å². The van der Waals surface area contributed by atoms with Crippen LogP contribution in [0.2, 0.25) is 0 Å². The van der Waals surface area contributed by atoms with Crippen molar-refractivity contribution < 1.29 is 30.7 Å². The van der Waals surface area contributed by atoms with Crippen LogP contribution in [0.1, 0.15) is 49.5 Å². The second-order valence-corrected chi connectivity index (χ2v) is 15.8. The third-order valence-electron chi connectivity index (χ3n) is 6.62. The summed E-state index contributed by atoms with van der Waals surface area (Å²) in [7, 11) is -8.01. The molecule has 0 amide bonds. The van der Waals surface area contributed by atoms with Crippen LogP contribution in [0.5, 0.6) is 5.75 Å². The molecule has 1 aliphatic heterocycles. The van der Waals surface area contributed by atoms with Crippen molar-refractivity contribution in [2.75, 3.05) is 23.0 Å². The summed E-state index contributed by atoms with van der Waals surface area (Å²) in [6.45, 7) is 2.57. The summed E-state index contributed by atoms with van der Waals surface area (Å²) in [6.07, 6.45) is 7.38. The van der Waals surface area contributed by atoms with Crippen molar-refractivity contribution in [2.45, 2.75) is 45.4 Å². The molecule has 2 heterocycles. The Morgan fingerprint density at radius 1 is 0.951 bits per heavy atom. The zero-order valence-corrected chi connectivity index (χ0v) is 28.0. The molecule has 222 valence electrons. The minimum atomic E-state index is -4.02. The van der Waals surface area contributed by atoms with Crippen molar-refractivity contribution in [3.8, 4) is 5.75 Å². The topological polar surface area (TPSA) is 121 Å². The number of nitrogens with zero attached hydrogens (tertiary/aromatic N) is 1.